The van der Waals surface area contributed by atoms with Gasteiger partial charge in [-0.3, -0.25) is 4.79 Å². The summed E-state index contributed by atoms with van der Waals surface area (Å²) < 4.78 is 23.7. The van der Waals surface area contributed by atoms with Crippen LogP contribution in [0.5, 0.6) is 11.5 Å². The van der Waals surface area contributed by atoms with E-state index >= 15 is 0 Å². The van der Waals surface area contributed by atoms with Crippen LogP contribution in [0.4, 0.5) is 0 Å². The summed E-state index contributed by atoms with van der Waals surface area (Å²) in [5, 5.41) is 18.0. The van der Waals surface area contributed by atoms with E-state index in [1.165, 1.54) is 13.8 Å². The monoisotopic (exact) mass is 554 g/mol. The Morgan fingerprint density at radius 1 is 1.20 bits per heavy atom. The number of ether oxygens (including phenoxy) is 4. The maximum absolute atomic E-state index is 13.3. The van der Waals surface area contributed by atoms with Gasteiger partial charge < -0.3 is 34.7 Å². The molecule has 1 amide bonds. The first-order valence-electron chi connectivity index (χ1n) is 14.4. The molecule has 1 aromatic carbocycles. The summed E-state index contributed by atoms with van der Waals surface area (Å²) in [6.45, 7) is 5.90. The summed E-state index contributed by atoms with van der Waals surface area (Å²) in [6.07, 6.45) is 4.59. The third-order valence-corrected chi connectivity index (χ3v) is 9.71. The van der Waals surface area contributed by atoms with Gasteiger partial charge in [-0.15, -0.1) is 0 Å². The van der Waals surface area contributed by atoms with Gasteiger partial charge in [-0.25, -0.2) is 9.59 Å². The molecular formula is C30H38N2O8. The van der Waals surface area contributed by atoms with Gasteiger partial charge in [-0.2, -0.15) is 0 Å². The molecule has 0 radical (unpaired) electrons. The van der Waals surface area contributed by atoms with Crippen LogP contribution < -0.4 is 20.1 Å². The zero-order valence-corrected chi connectivity index (χ0v) is 23.5. The second-order valence-electron chi connectivity index (χ2n) is 12.1. The van der Waals surface area contributed by atoms with E-state index in [2.05, 4.69) is 23.6 Å². The second-order valence-corrected chi connectivity index (χ2v) is 12.1. The topological polar surface area (TPSA) is 132 Å². The number of amides is 1. The fraction of sp³-hybridized carbons (Fsp3) is 0.633. The minimum absolute atomic E-state index is 0.0410. The average molecular weight is 555 g/mol. The van der Waals surface area contributed by atoms with Gasteiger partial charge in [0.1, 0.15) is 11.8 Å². The number of esters is 2. The Kier molecular flexibility index (Phi) is 6.61. The van der Waals surface area contributed by atoms with Gasteiger partial charge in [0.2, 0.25) is 5.91 Å². The van der Waals surface area contributed by atoms with E-state index in [4.69, 9.17) is 18.9 Å². The highest BCUT2D eigenvalue weighted by Crippen LogP contribution is 2.68. The third-order valence-electron chi connectivity index (χ3n) is 9.71. The van der Waals surface area contributed by atoms with Crippen molar-refractivity contribution < 1.29 is 38.4 Å². The first-order chi connectivity index (χ1) is 19.1. The standard InChI is InChI=1S/C30H38N2O8/c1-15-9-12-30-22(39-28(35)17(3)38-27(34)16(2)32-26(33)20-6-5-13-31-20)10-11-29(36)19(15)14-18-7-8-21(37-4)24(40-30)23(18)25(29)30/h7-8,10,15-17,19-20,25,31,36H,5-6,9,11-14H2,1-4H3,(H,32,33)/t15?,16-,17-,19-,20-,25?,29+,30+/m0/s1. The summed E-state index contributed by atoms with van der Waals surface area (Å²) in [5.41, 5.74) is -0.0487. The lowest BCUT2D eigenvalue weighted by molar-refractivity contribution is -0.169. The van der Waals surface area contributed by atoms with Crippen LogP contribution in [0.3, 0.4) is 0 Å². The van der Waals surface area contributed by atoms with Crippen molar-refractivity contribution in [1.29, 1.82) is 0 Å². The molecule has 5 aliphatic rings. The van der Waals surface area contributed by atoms with Crippen LogP contribution in [0.25, 0.3) is 0 Å². The van der Waals surface area contributed by atoms with E-state index in [-0.39, 0.29) is 23.8 Å². The zero-order valence-electron chi connectivity index (χ0n) is 23.5. The van der Waals surface area contributed by atoms with Crippen molar-refractivity contribution in [3.8, 4) is 11.5 Å². The highest BCUT2D eigenvalue weighted by molar-refractivity contribution is 5.88. The SMILES string of the molecule is COc1ccc2c3c1O[C@]14CCC(C)[C@H](C2)[C@](O)(CC=C1OC(=O)[C@H](C)OC(=O)[C@H](C)NC(=O)[C@@H]1CCCN1)C34. The van der Waals surface area contributed by atoms with E-state index < -0.39 is 41.2 Å². The van der Waals surface area contributed by atoms with Crippen molar-refractivity contribution in [3.63, 3.8) is 0 Å². The average Bonchev–Trinajstić information content (AvgIpc) is 3.59. The zero-order chi connectivity index (χ0) is 28.4. The smallest absolute Gasteiger partial charge is 0.352 e. The first kappa shape index (κ1) is 27.1. The lowest BCUT2D eigenvalue weighted by Crippen LogP contribution is -2.58. The van der Waals surface area contributed by atoms with E-state index in [0.717, 1.165) is 36.9 Å². The van der Waals surface area contributed by atoms with Crippen LogP contribution in [0.1, 0.15) is 69.9 Å². The Labute approximate surface area is 233 Å². The molecule has 10 heteroatoms. The Hall–Kier alpha value is -3.11. The molecule has 3 aliphatic carbocycles. The molecule has 0 spiro atoms. The first-order valence-corrected chi connectivity index (χ1v) is 14.4. The van der Waals surface area contributed by atoms with Crippen LogP contribution >= 0.6 is 0 Å². The molecule has 6 rings (SSSR count). The van der Waals surface area contributed by atoms with Crippen molar-refractivity contribution in [2.45, 2.75) is 94.6 Å². The number of carbonyl (C=O) groups excluding carboxylic acids is 3. The van der Waals surface area contributed by atoms with E-state index in [1.54, 1.807) is 13.2 Å². The van der Waals surface area contributed by atoms with E-state index in [1.807, 2.05) is 6.07 Å². The van der Waals surface area contributed by atoms with Crippen LogP contribution in [-0.4, -0.2) is 66.0 Å². The highest BCUT2D eigenvalue weighted by Gasteiger charge is 2.69. The molecule has 2 unspecified atom stereocenters. The highest BCUT2D eigenvalue weighted by atomic mass is 16.6. The largest absolute Gasteiger partial charge is 0.493 e. The van der Waals surface area contributed by atoms with Crippen molar-refractivity contribution >= 4 is 17.8 Å². The van der Waals surface area contributed by atoms with Crippen LogP contribution in [-0.2, 0) is 30.3 Å². The molecule has 2 fully saturated rings. The van der Waals surface area contributed by atoms with Crippen molar-refractivity contribution in [2.75, 3.05) is 13.7 Å². The van der Waals surface area contributed by atoms with Crippen molar-refractivity contribution in [1.82, 2.24) is 10.6 Å². The fourth-order valence-corrected chi connectivity index (χ4v) is 7.61. The van der Waals surface area contributed by atoms with Crippen molar-refractivity contribution in [3.05, 3.63) is 35.1 Å². The number of nitrogens with one attached hydrogen (secondary N) is 2. The lowest BCUT2D eigenvalue weighted by Gasteiger charge is -2.51. The van der Waals surface area contributed by atoms with Gasteiger partial charge in [0.25, 0.3) is 0 Å². The third kappa shape index (κ3) is 4.02. The molecule has 0 aromatic heterocycles. The van der Waals surface area contributed by atoms with Gasteiger partial charge in [0.15, 0.2) is 23.2 Å². The Morgan fingerprint density at radius 3 is 2.73 bits per heavy atom. The molecule has 4 bridgehead atoms. The maximum Gasteiger partial charge on any atom is 0.352 e. The molecule has 8 atom stereocenters. The van der Waals surface area contributed by atoms with Crippen LogP contribution in [0.15, 0.2) is 24.0 Å². The number of benzene rings is 1. The number of carbonyl (C=O) groups is 3. The Bertz CT molecular complexity index is 1270. The number of aliphatic hydroxyl groups is 1. The number of methoxy groups -OCH3 is 1. The molecule has 10 nitrogen and oxygen atoms in total. The summed E-state index contributed by atoms with van der Waals surface area (Å²) in [6, 6.07) is 2.70. The molecule has 1 aromatic rings. The minimum Gasteiger partial charge on any atom is -0.493 e. The molecule has 1 saturated carbocycles. The summed E-state index contributed by atoms with van der Waals surface area (Å²) >= 11 is 0. The van der Waals surface area contributed by atoms with Gasteiger partial charge in [0.05, 0.1) is 24.7 Å². The predicted molar refractivity (Wildman–Crippen MR) is 143 cm³/mol. The molecule has 1 saturated heterocycles. The molecule has 216 valence electrons. The molecule has 3 N–H and O–H groups in total. The van der Waals surface area contributed by atoms with Crippen molar-refractivity contribution in [2.24, 2.45) is 11.8 Å². The molecule has 40 heavy (non-hydrogen) atoms. The number of hydrogen-bond acceptors (Lipinski definition) is 9. The fourth-order valence-electron chi connectivity index (χ4n) is 7.61. The Balaban J connectivity index is 1.22. The normalized spacial score (nSPS) is 34.5. The van der Waals surface area contributed by atoms with Crippen LogP contribution in [0.2, 0.25) is 0 Å². The van der Waals surface area contributed by atoms with Gasteiger partial charge in [0, 0.05) is 5.56 Å². The summed E-state index contributed by atoms with van der Waals surface area (Å²) in [4.78, 5) is 38.3. The second kappa shape index (κ2) is 9.76. The van der Waals surface area contributed by atoms with Crippen LogP contribution in [0, 0.1) is 11.8 Å². The van der Waals surface area contributed by atoms with E-state index in [9.17, 15) is 19.5 Å². The Morgan fingerprint density at radius 2 is 2.00 bits per heavy atom. The van der Waals surface area contributed by atoms with Gasteiger partial charge >= 0.3 is 11.9 Å². The number of hydrogen-bond donors (Lipinski definition) is 3. The minimum atomic E-state index is -1.22. The summed E-state index contributed by atoms with van der Waals surface area (Å²) in [7, 11) is 1.59. The maximum atomic E-state index is 13.3. The quantitative estimate of drug-likeness (QED) is 0.434. The van der Waals surface area contributed by atoms with E-state index in [0.29, 0.717) is 36.5 Å². The molecular weight excluding hydrogens is 516 g/mol. The molecule has 2 aliphatic heterocycles. The molecule has 2 heterocycles. The van der Waals surface area contributed by atoms with Gasteiger partial charge in [-0.05, 0) is 88.5 Å². The number of rotatable bonds is 7. The predicted octanol–water partition coefficient (Wildman–Crippen LogP) is 2.26. The van der Waals surface area contributed by atoms with Gasteiger partial charge in [-0.1, -0.05) is 13.0 Å². The summed E-state index contributed by atoms with van der Waals surface area (Å²) in [5.74, 6) is -0.340. The lowest BCUT2D eigenvalue weighted by atomic mass is 9.57.